The zero-order valence-electron chi connectivity index (χ0n) is 17.8. The van der Waals surface area contributed by atoms with Gasteiger partial charge in [0.05, 0.1) is 5.41 Å². The number of hydrogen-bond acceptors (Lipinski definition) is 3. The minimum Gasteiger partial charge on any atom is -0.369 e. The maximum absolute atomic E-state index is 13.4. The normalized spacial score (nSPS) is 36.4. The molecule has 1 aromatic carbocycles. The fourth-order valence-corrected chi connectivity index (χ4v) is 7.77. The molecule has 1 N–H and O–H groups in total. The number of amides is 1. The summed E-state index contributed by atoms with van der Waals surface area (Å²) in [6.45, 7) is 9.92. The fourth-order valence-electron chi connectivity index (χ4n) is 7.07. The Morgan fingerprint density at radius 2 is 1.83 bits per heavy atom. The van der Waals surface area contributed by atoms with E-state index in [1.807, 2.05) is 0 Å². The molecule has 5 aliphatic rings. The van der Waals surface area contributed by atoms with Crippen LogP contribution in [-0.2, 0) is 4.79 Å². The number of carbonyl (C=O) groups is 1. The van der Waals surface area contributed by atoms with Gasteiger partial charge in [-0.2, -0.15) is 0 Å². The number of aryl methyl sites for hydroxylation is 1. The first-order valence-electron chi connectivity index (χ1n) is 11.5. The number of likely N-dealkylation sites (N-methyl/N-ethyl adjacent to an activating group) is 1. The highest BCUT2D eigenvalue weighted by atomic mass is 35.5. The molecule has 5 heteroatoms. The van der Waals surface area contributed by atoms with Gasteiger partial charge in [0, 0.05) is 42.4 Å². The van der Waals surface area contributed by atoms with Crippen LogP contribution in [0.4, 0.5) is 11.4 Å². The third-order valence-electron chi connectivity index (χ3n) is 8.09. The van der Waals surface area contributed by atoms with Gasteiger partial charge in [0.1, 0.15) is 0 Å². The van der Waals surface area contributed by atoms with Crippen molar-refractivity contribution in [2.24, 2.45) is 17.3 Å². The molecular weight excluding hydrogens is 382 g/mol. The standard InChI is InChI=1S/C24H34ClN3O/c1-3-27-6-8-28(9-7-27)21-5-4-20(10-17(21)2)26-22(29)23-12-18-11-19(13-23)15-24(25,14-18)16-23/h4-5,10,18-19H,3,6-9,11-16H2,1-2H3,(H,26,29). The molecule has 1 saturated heterocycles. The Hall–Kier alpha value is -1.26. The van der Waals surface area contributed by atoms with E-state index in [-0.39, 0.29) is 16.2 Å². The third-order valence-corrected chi connectivity index (χ3v) is 8.53. The smallest absolute Gasteiger partial charge is 0.230 e. The van der Waals surface area contributed by atoms with Crippen molar-refractivity contribution in [2.45, 2.75) is 57.2 Å². The first-order valence-corrected chi connectivity index (χ1v) is 11.8. The third kappa shape index (κ3) is 3.57. The number of hydrogen-bond donors (Lipinski definition) is 1. The molecule has 4 nitrogen and oxygen atoms in total. The first kappa shape index (κ1) is 19.7. The number of nitrogens with one attached hydrogen (secondary N) is 1. The second-order valence-electron chi connectivity index (χ2n) is 10.3. The van der Waals surface area contributed by atoms with Crippen LogP contribution in [-0.4, -0.2) is 48.4 Å². The Bertz CT molecular complexity index is 787. The van der Waals surface area contributed by atoms with E-state index in [2.05, 4.69) is 47.2 Å². The lowest BCUT2D eigenvalue weighted by Gasteiger charge is -2.59. The maximum atomic E-state index is 13.4. The zero-order valence-corrected chi connectivity index (χ0v) is 18.6. The van der Waals surface area contributed by atoms with E-state index in [4.69, 9.17) is 11.6 Å². The van der Waals surface area contributed by atoms with Gasteiger partial charge in [-0.05, 0) is 87.6 Å². The Morgan fingerprint density at radius 3 is 2.41 bits per heavy atom. The summed E-state index contributed by atoms with van der Waals surface area (Å²) in [6, 6.07) is 6.43. The molecule has 0 radical (unpaired) electrons. The Labute approximate surface area is 180 Å². The summed E-state index contributed by atoms with van der Waals surface area (Å²) in [5.41, 5.74) is 3.23. The van der Waals surface area contributed by atoms with E-state index in [9.17, 15) is 4.79 Å². The Kier molecular flexibility index (Phi) is 4.86. The number of nitrogens with zero attached hydrogens (tertiary/aromatic N) is 2. The van der Waals surface area contributed by atoms with Crippen LogP contribution in [0.1, 0.15) is 51.0 Å². The predicted molar refractivity (Wildman–Crippen MR) is 120 cm³/mol. The van der Waals surface area contributed by atoms with Crippen LogP contribution >= 0.6 is 11.6 Å². The van der Waals surface area contributed by atoms with Crippen LogP contribution in [0.25, 0.3) is 0 Å². The summed E-state index contributed by atoms with van der Waals surface area (Å²) in [5, 5.41) is 3.28. The summed E-state index contributed by atoms with van der Waals surface area (Å²) < 4.78 is 0. The van der Waals surface area contributed by atoms with Crippen LogP contribution < -0.4 is 10.2 Å². The van der Waals surface area contributed by atoms with Crippen molar-refractivity contribution < 1.29 is 4.79 Å². The monoisotopic (exact) mass is 415 g/mol. The van der Waals surface area contributed by atoms with E-state index >= 15 is 0 Å². The highest BCUT2D eigenvalue weighted by Crippen LogP contribution is 2.64. The molecule has 2 unspecified atom stereocenters. The first-order chi connectivity index (χ1) is 13.9. The molecular formula is C24H34ClN3O. The highest BCUT2D eigenvalue weighted by molar-refractivity contribution is 6.24. The number of carbonyl (C=O) groups excluding carboxylic acids is 1. The van der Waals surface area contributed by atoms with Crippen molar-refractivity contribution in [3.63, 3.8) is 0 Å². The number of halogens is 1. The number of alkyl halides is 1. The Morgan fingerprint density at radius 1 is 1.14 bits per heavy atom. The lowest BCUT2D eigenvalue weighted by Crippen LogP contribution is -2.57. The molecule has 1 heterocycles. The summed E-state index contributed by atoms with van der Waals surface area (Å²) in [5.74, 6) is 1.50. The molecule has 1 aromatic rings. The maximum Gasteiger partial charge on any atom is 0.230 e. The lowest BCUT2D eigenvalue weighted by atomic mass is 9.49. The van der Waals surface area contributed by atoms with Gasteiger partial charge in [0.25, 0.3) is 0 Å². The number of piperazine rings is 1. The van der Waals surface area contributed by atoms with Crippen molar-refractivity contribution in [3.05, 3.63) is 23.8 Å². The average molecular weight is 416 g/mol. The predicted octanol–water partition coefficient (Wildman–Crippen LogP) is 4.65. The van der Waals surface area contributed by atoms with Gasteiger partial charge in [-0.15, -0.1) is 11.6 Å². The van der Waals surface area contributed by atoms with Gasteiger partial charge in [-0.25, -0.2) is 0 Å². The molecule has 158 valence electrons. The summed E-state index contributed by atoms with van der Waals surface area (Å²) >= 11 is 6.93. The largest absolute Gasteiger partial charge is 0.369 e. The highest BCUT2D eigenvalue weighted by Gasteiger charge is 2.60. The lowest BCUT2D eigenvalue weighted by molar-refractivity contribution is -0.138. The Balaban J connectivity index is 1.29. The topological polar surface area (TPSA) is 35.6 Å². The molecule has 1 aliphatic heterocycles. The van der Waals surface area contributed by atoms with Crippen LogP contribution in [0.15, 0.2) is 18.2 Å². The van der Waals surface area contributed by atoms with Gasteiger partial charge in [-0.1, -0.05) is 6.92 Å². The van der Waals surface area contributed by atoms with E-state index in [1.165, 1.54) is 17.7 Å². The molecule has 1 amide bonds. The van der Waals surface area contributed by atoms with Gasteiger partial charge >= 0.3 is 0 Å². The van der Waals surface area contributed by atoms with Crippen LogP contribution in [0.3, 0.4) is 0 Å². The van der Waals surface area contributed by atoms with E-state index in [0.29, 0.717) is 11.8 Å². The molecule has 4 aliphatic carbocycles. The van der Waals surface area contributed by atoms with Crippen molar-refractivity contribution in [3.8, 4) is 0 Å². The van der Waals surface area contributed by atoms with Gasteiger partial charge in [0.15, 0.2) is 0 Å². The van der Waals surface area contributed by atoms with Crippen LogP contribution in [0, 0.1) is 24.2 Å². The number of benzene rings is 1. The molecule has 4 bridgehead atoms. The second-order valence-corrected chi connectivity index (χ2v) is 11.1. The molecule has 2 atom stereocenters. The van der Waals surface area contributed by atoms with Crippen molar-refractivity contribution in [1.82, 2.24) is 4.90 Å². The molecule has 29 heavy (non-hydrogen) atoms. The van der Waals surface area contributed by atoms with Gasteiger partial charge < -0.3 is 15.1 Å². The van der Waals surface area contributed by atoms with Gasteiger partial charge in [-0.3, -0.25) is 4.79 Å². The summed E-state index contributed by atoms with van der Waals surface area (Å²) in [4.78, 5) is 18.2. The fraction of sp³-hybridized carbons (Fsp3) is 0.708. The molecule has 4 saturated carbocycles. The number of rotatable bonds is 4. The molecule has 0 aromatic heterocycles. The average Bonchev–Trinajstić information content (AvgIpc) is 2.66. The quantitative estimate of drug-likeness (QED) is 0.727. The van der Waals surface area contributed by atoms with Crippen LogP contribution in [0.5, 0.6) is 0 Å². The zero-order chi connectivity index (χ0) is 20.2. The van der Waals surface area contributed by atoms with E-state index in [0.717, 1.165) is 70.5 Å². The van der Waals surface area contributed by atoms with Crippen LogP contribution in [0.2, 0.25) is 0 Å². The molecule has 6 rings (SSSR count). The van der Waals surface area contributed by atoms with Crippen molar-refractivity contribution in [2.75, 3.05) is 42.9 Å². The van der Waals surface area contributed by atoms with E-state index < -0.39 is 0 Å². The summed E-state index contributed by atoms with van der Waals surface area (Å²) in [7, 11) is 0. The molecule has 5 fully saturated rings. The number of anilines is 2. The van der Waals surface area contributed by atoms with Gasteiger partial charge in [0.2, 0.25) is 5.91 Å². The SMILES string of the molecule is CCN1CCN(c2ccc(NC(=O)C34CC5CC(CC(Cl)(C5)C3)C4)cc2C)CC1. The summed E-state index contributed by atoms with van der Waals surface area (Å²) in [6.07, 6.45) is 6.42. The second kappa shape index (κ2) is 7.16. The van der Waals surface area contributed by atoms with Crippen molar-refractivity contribution in [1.29, 1.82) is 0 Å². The van der Waals surface area contributed by atoms with Crippen molar-refractivity contribution >= 4 is 28.9 Å². The minimum atomic E-state index is -0.241. The molecule has 0 spiro atoms. The minimum absolute atomic E-state index is 0.123. The van der Waals surface area contributed by atoms with E-state index in [1.54, 1.807) is 0 Å².